The molecule has 0 aliphatic heterocycles. The van der Waals surface area contributed by atoms with Crippen LogP contribution in [0.25, 0.3) is 22.2 Å². The normalized spacial score (nSPS) is 10.9. The number of aldehydes is 1. The largest absolute Gasteiger partial charge is 0.354 e. The molecule has 0 atom stereocenters. The first-order valence-electron chi connectivity index (χ1n) is 6.45. The molecule has 0 aliphatic rings. The minimum absolute atomic E-state index is 0.337. The summed E-state index contributed by atoms with van der Waals surface area (Å²) in [6.45, 7) is 3.96. The van der Waals surface area contributed by atoms with Crippen LogP contribution in [-0.2, 0) is 0 Å². The number of rotatable bonds is 2. The summed E-state index contributed by atoms with van der Waals surface area (Å²) < 4.78 is 14.0. The van der Waals surface area contributed by atoms with Crippen LogP contribution in [0, 0.1) is 19.7 Å². The van der Waals surface area contributed by atoms with Gasteiger partial charge >= 0.3 is 0 Å². The summed E-state index contributed by atoms with van der Waals surface area (Å²) in [6.07, 6.45) is 0.795. The molecule has 0 saturated heterocycles. The van der Waals surface area contributed by atoms with Gasteiger partial charge in [-0.25, -0.2) is 4.39 Å². The topological polar surface area (TPSA) is 32.9 Å². The van der Waals surface area contributed by atoms with E-state index in [4.69, 9.17) is 0 Å². The number of aryl methyl sites for hydroxylation is 2. The third-order valence-corrected chi connectivity index (χ3v) is 3.54. The van der Waals surface area contributed by atoms with E-state index in [0.717, 1.165) is 28.3 Å². The Bertz CT molecular complexity index is 817. The molecule has 0 saturated carbocycles. The lowest BCUT2D eigenvalue weighted by Crippen LogP contribution is -1.88. The summed E-state index contributed by atoms with van der Waals surface area (Å²) in [4.78, 5) is 14.7. The number of halogens is 1. The number of carbonyl (C=O) groups is 1. The fraction of sp³-hybridized carbons (Fsp3) is 0.118. The number of fused-ring (bicyclic) bond motifs is 1. The van der Waals surface area contributed by atoms with Gasteiger partial charge in [0.1, 0.15) is 5.82 Å². The minimum Gasteiger partial charge on any atom is -0.354 e. The van der Waals surface area contributed by atoms with Crippen LogP contribution in [0.5, 0.6) is 0 Å². The number of H-pyrrole nitrogens is 1. The number of hydrogen-bond acceptors (Lipinski definition) is 1. The molecular weight excluding hydrogens is 253 g/mol. The Morgan fingerprint density at radius 1 is 1.15 bits per heavy atom. The summed E-state index contributed by atoms with van der Waals surface area (Å²) in [5.41, 5.74) is 4.46. The van der Waals surface area contributed by atoms with Crippen molar-refractivity contribution < 1.29 is 9.18 Å². The van der Waals surface area contributed by atoms with Crippen LogP contribution >= 0.6 is 0 Å². The lowest BCUT2D eigenvalue weighted by atomic mass is 10.0. The molecule has 20 heavy (non-hydrogen) atoms. The molecule has 1 N–H and O–H groups in total. The van der Waals surface area contributed by atoms with Crippen molar-refractivity contribution in [3.05, 3.63) is 58.9 Å². The molecule has 0 aliphatic carbocycles. The van der Waals surface area contributed by atoms with Crippen LogP contribution in [0.4, 0.5) is 4.39 Å². The monoisotopic (exact) mass is 267 g/mol. The molecule has 1 heterocycles. The Hall–Kier alpha value is -2.42. The fourth-order valence-corrected chi connectivity index (χ4v) is 2.74. The molecule has 0 bridgehead atoms. The summed E-state index contributed by atoms with van der Waals surface area (Å²) in [6, 6.07) is 10.5. The number of benzene rings is 2. The molecular formula is C17H14FNO. The van der Waals surface area contributed by atoms with Gasteiger partial charge < -0.3 is 4.98 Å². The van der Waals surface area contributed by atoms with Crippen LogP contribution in [0.1, 0.15) is 21.5 Å². The first kappa shape index (κ1) is 12.6. The van der Waals surface area contributed by atoms with Gasteiger partial charge in [-0.1, -0.05) is 18.2 Å². The maximum Gasteiger partial charge on any atom is 0.152 e. The summed E-state index contributed by atoms with van der Waals surface area (Å²) >= 11 is 0. The van der Waals surface area contributed by atoms with Crippen LogP contribution in [0.2, 0.25) is 0 Å². The number of nitrogens with one attached hydrogen (secondary N) is 1. The van der Waals surface area contributed by atoms with Gasteiger partial charge in [-0.3, -0.25) is 4.79 Å². The predicted molar refractivity (Wildman–Crippen MR) is 78.6 cm³/mol. The van der Waals surface area contributed by atoms with Crippen LogP contribution in [0.3, 0.4) is 0 Å². The molecule has 2 aromatic carbocycles. The second kappa shape index (κ2) is 4.60. The third-order valence-electron chi connectivity index (χ3n) is 3.54. The molecule has 1 aromatic heterocycles. The van der Waals surface area contributed by atoms with Crippen LogP contribution in [0.15, 0.2) is 36.4 Å². The van der Waals surface area contributed by atoms with Crippen LogP contribution in [-0.4, -0.2) is 11.3 Å². The van der Waals surface area contributed by atoms with E-state index < -0.39 is 0 Å². The van der Waals surface area contributed by atoms with Gasteiger partial charge in [-0.15, -0.1) is 0 Å². The zero-order valence-electron chi connectivity index (χ0n) is 11.3. The Kier molecular flexibility index (Phi) is 2.90. The highest BCUT2D eigenvalue weighted by Crippen LogP contribution is 2.33. The molecule has 3 rings (SSSR count). The molecule has 3 heteroatoms. The van der Waals surface area contributed by atoms with E-state index in [-0.39, 0.29) is 5.82 Å². The molecule has 0 radical (unpaired) electrons. The SMILES string of the molecule is Cc1cc(C)c2c(C=O)c(-c3ccccc3F)[nH]c2c1. The van der Waals surface area contributed by atoms with Gasteiger partial charge in [0, 0.05) is 22.0 Å². The zero-order chi connectivity index (χ0) is 14.3. The number of aromatic nitrogens is 1. The van der Waals surface area contributed by atoms with Crippen molar-refractivity contribution in [2.45, 2.75) is 13.8 Å². The summed E-state index contributed by atoms with van der Waals surface area (Å²) in [7, 11) is 0. The van der Waals surface area contributed by atoms with Gasteiger partial charge in [-0.2, -0.15) is 0 Å². The van der Waals surface area contributed by atoms with Gasteiger partial charge in [0.25, 0.3) is 0 Å². The third kappa shape index (κ3) is 1.83. The summed E-state index contributed by atoms with van der Waals surface area (Å²) in [5, 5.41) is 0.865. The maximum atomic E-state index is 14.0. The predicted octanol–water partition coefficient (Wildman–Crippen LogP) is 4.40. The smallest absolute Gasteiger partial charge is 0.152 e. The Balaban J connectivity index is 2.40. The summed E-state index contributed by atoms with van der Waals surface area (Å²) in [5.74, 6) is -0.337. The fourth-order valence-electron chi connectivity index (χ4n) is 2.74. The van der Waals surface area contributed by atoms with Gasteiger partial charge in [0.05, 0.1) is 5.69 Å². The number of carbonyl (C=O) groups excluding carboxylic acids is 1. The van der Waals surface area contributed by atoms with Crippen molar-refractivity contribution in [2.75, 3.05) is 0 Å². The van der Waals surface area contributed by atoms with Crippen molar-refractivity contribution in [3.8, 4) is 11.3 Å². The molecule has 100 valence electrons. The number of aromatic amines is 1. The lowest BCUT2D eigenvalue weighted by Gasteiger charge is -2.01. The van der Waals surface area contributed by atoms with Gasteiger partial charge in [0.15, 0.2) is 6.29 Å². The lowest BCUT2D eigenvalue weighted by molar-refractivity contribution is 0.112. The molecule has 0 fully saturated rings. The van der Waals surface area contributed by atoms with Crippen molar-refractivity contribution in [3.63, 3.8) is 0 Å². The van der Waals surface area contributed by atoms with E-state index in [1.165, 1.54) is 6.07 Å². The first-order chi connectivity index (χ1) is 9.61. The highest BCUT2D eigenvalue weighted by molar-refractivity contribution is 6.06. The Morgan fingerprint density at radius 2 is 1.90 bits per heavy atom. The van der Waals surface area contributed by atoms with Gasteiger partial charge in [0.2, 0.25) is 0 Å². The second-order valence-electron chi connectivity index (χ2n) is 5.02. The first-order valence-corrected chi connectivity index (χ1v) is 6.45. The average molecular weight is 267 g/mol. The van der Waals surface area contributed by atoms with Crippen LogP contribution < -0.4 is 0 Å². The van der Waals surface area contributed by atoms with Crippen molar-refractivity contribution in [2.24, 2.45) is 0 Å². The molecule has 3 aromatic rings. The second-order valence-corrected chi connectivity index (χ2v) is 5.02. The molecule has 0 amide bonds. The van der Waals surface area contributed by atoms with E-state index in [9.17, 15) is 9.18 Å². The Morgan fingerprint density at radius 3 is 2.60 bits per heavy atom. The van der Waals surface area contributed by atoms with E-state index in [2.05, 4.69) is 4.98 Å². The van der Waals surface area contributed by atoms with Crippen molar-refractivity contribution in [1.29, 1.82) is 0 Å². The van der Waals surface area contributed by atoms with Crippen molar-refractivity contribution in [1.82, 2.24) is 4.98 Å². The van der Waals surface area contributed by atoms with E-state index in [1.807, 2.05) is 26.0 Å². The Labute approximate surface area is 116 Å². The molecule has 2 nitrogen and oxygen atoms in total. The maximum absolute atomic E-state index is 14.0. The standard InChI is InChI=1S/C17H14FNO/c1-10-7-11(2)16-13(9-20)17(19-15(16)8-10)12-5-3-4-6-14(12)18/h3-9,19H,1-2H3. The highest BCUT2D eigenvalue weighted by Gasteiger charge is 2.16. The van der Waals surface area contributed by atoms with Crippen molar-refractivity contribution >= 4 is 17.2 Å². The quantitative estimate of drug-likeness (QED) is 0.686. The van der Waals surface area contributed by atoms with E-state index >= 15 is 0 Å². The average Bonchev–Trinajstić information content (AvgIpc) is 2.77. The van der Waals surface area contributed by atoms with E-state index in [0.29, 0.717) is 16.8 Å². The highest BCUT2D eigenvalue weighted by atomic mass is 19.1. The number of hydrogen-bond donors (Lipinski definition) is 1. The van der Waals surface area contributed by atoms with E-state index in [1.54, 1.807) is 18.2 Å². The minimum atomic E-state index is -0.337. The zero-order valence-corrected chi connectivity index (χ0v) is 11.3. The molecule has 0 spiro atoms. The van der Waals surface area contributed by atoms with Gasteiger partial charge in [-0.05, 0) is 43.2 Å². The molecule has 0 unspecified atom stereocenters.